The normalized spacial score (nSPS) is 19.8. The number of fused-ring (bicyclic) bond motifs is 1. The van der Waals surface area contributed by atoms with Crippen molar-refractivity contribution in [3.05, 3.63) is 16.9 Å². The first-order valence-electron chi connectivity index (χ1n) is 9.65. The predicted molar refractivity (Wildman–Crippen MR) is 109 cm³/mol. The highest BCUT2D eigenvalue weighted by Crippen LogP contribution is 2.49. The summed E-state index contributed by atoms with van der Waals surface area (Å²) in [6.07, 6.45) is 9.98. The number of hydrogen-bond donors (Lipinski definition) is 1. The Balaban J connectivity index is 1.78. The van der Waals surface area contributed by atoms with E-state index in [9.17, 15) is 0 Å². The molecule has 1 aliphatic heterocycles. The lowest BCUT2D eigenvalue weighted by molar-refractivity contribution is 0.371. The zero-order valence-corrected chi connectivity index (χ0v) is 17.2. The summed E-state index contributed by atoms with van der Waals surface area (Å²) in [5.41, 5.74) is 3.55. The van der Waals surface area contributed by atoms with Crippen molar-refractivity contribution in [2.24, 2.45) is 10.4 Å². The molecule has 0 unspecified atom stereocenters. The lowest BCUT2D eigenvalue weighted by atomic mass is 9.78. The zero-order valence-electron chi connectivity index (χ0n) is 16.4. The van der Waals surface area contributed by atoms with Gasteiger partial charge < -0.3 is 10.1 Å². The molecule has 0 saturated heterocycles. The standard InChI is InChI=1S/C20H30N4OS/c1-5-6-7-8-9-10-21-14-11-20(2,3)12-15-17(14)26-19-16(24-15)18(25-4)22-13-23-19/h13,24H,5-12H2,1-4H3. The van der Waals surface area contributed by atoms with E-state index in [4.69, 9.17) is 9.73 Å². The van der Waals surface area contributed by atoms with Gasteiger partial charge in [-0.1, -0.05) is 58.2 Å². The van der Waals surface area contributed by atoms with Gasteiger partial charge in [0.25, 0.3) is 0 Å². The summed E-state index contributed by atoms with van der Waals surface area (Å²) in [4.78, 5) is 14.9. The molecule has 5 nitrogen and oxygen atoms in total. The monoisotopic (exact) mass is 374 g/mol. The number of ether oxygens (including phenoxy) is 1. The van der Waals surface area contributed by atoms with Gasteiger partial charge in [0.05, 0.1) is 17.7 Å². The molecular weight excluding hydrogens is 344 g/mol. The van der Waals surface area contributed by atoms with E-state index in [-0.39, 0.29) is 5.41 Å². The maximum atomic E-state index is 5.40. The van der Waals surface area contributed by atoms with Crippen LogP contribution >= 0.6 is 11.8 Å². The quantitative estimate of drug-likeness (QED) is 0.508. The lowest BCUT2D eigenvalue weighted by Crippen LogP contribution is -2.29. The molecule has 1 aromatic heterocycles. The third-order valence-corrected chi connectivity index (χ3v) is 6.04. The molecule has 0 fully saturated rings. The van der Waals surface area contributed by atoms with Gasteiger partial charge in [-0.3, -0.25) is 4.99 Å². The molecular formula is C20H30N4OS. The second-order valence-electron chi connectivity index (χ2n) is 7.86. The number of allylic oxidation sites excluding steroid dienone is 2. The van der Waals surface area contributed by atoms with Gasteiger partial charge in [-0.25, -0.2) is 4.98 Å². The average molecular weight is 375 g/mol. The summed E-state index contributed by atoms with van der Waals surface area (Å²) in [7, 11) is 1.65. The van der Waals surface area contributed by atoms with Crippen LogP contribution in [0, 0.1) is 5.41 Å². The van der Waals surface area contributed by atoms with Crippen molar-refractivity contribution in [2.45, 2.75) is 70.7 Å². The molecule has 0 bridgehead atoms. The van der Waals surface area contributed by atoms with Crippen molar-refractivity contribution in [1.29, 1.82) is 0 Å². The Hall–Kier alpha value is -1.56. The first-order chi connectivity index (χ1) is 12.5. The van der Waals surface area contributed by atoms with Crippen LogP contribution in [0.5, 0.6) is 5.88 Å². The van der Waals surface area contributed by atoms with Crippen molar-refractivity contribution >= 4 is 23.2 Å². The summed E-state index contributed by atoms with van der Waals surface area (Å²) in [5.74, 6) is 0.604. The Bertz CT molecular complexity index is 712. The molecule has 0 aromatic carbocycles. The van der Waals surface area contributed by atoms with Crippen molar-refractivity contribution in [2.75, 3.05) is 19.0 Å². The summed E-state index contributed by atoms with van der Waals surface area (Å²) < 4.78 is 5.40. The molecule has 1 aliphatic carbocycles. The number of nitrogens with one attached hydrogen (secondary N) is 1. The number of methoxy groups -OCH3 is 1. The first-order valence-corrected chi connectivity index (χ1v) is 10.5. The number of hydrogen-bond acceptors (Lipinski definition) is 6. The van der Waals surface area contributed by atoms with Crippen molar-refractivity contribution in [3.8, 4) is 5.88 Å². The largest absolute Gasteiger partial charge is 0.479 e. The smallest absolute Gasteiger partial charge is 0.241 e. The summed E-state index contributed by atoms with van der Waals surface area (Å²) in [6.45, 7) is 7.80. The van der Waals surface area contributed by atoms with E-state index in [1.807, 2.05) is 0 Å². The summed E-state index contributed by atoms with van der Waals surface area (Å²) >= 11 is 1.71. The van der Waals surface area contributed by atoms with Gasteiger partial charge in [-0.15, -0.1) is 0 Å². The molecule has 0 amide bonds. The molecule has 1 aromatic rings. The van der Waals surface area contributed by atoms with Crippen LogP contribution < -0.4 is 10.1 Å². The maximum absolute atomic E-state index is 5.40. The Morgan fingerprint density at radius 2 is 2.00 bits per heavy atom. The number of thioether (sulfide) groups is 1. The average Bonchev–Trinajstić information content (AvgIpc) is 2.61. The van der Waals surface area contributed by atoms with E-state index in [1.54, 1.807) is 25.2 Å². The molecule has 0 atom stereocenters. The van der Waals surface area contributed by atoms with E-state index in [0.29, 0.717) is 5.88 Å². The van der Waals surface area contributed by atoms with Gasteiger partial charge in [0.2, 0.25) is 5.88 Å². The highest BCUT2D eigenvalue weighted by molar-refractivity contribution is 8.04. The van der Waals surface area contributed by atoms with E-state index in [2.05, 4.69) is 36.1 Å². The van der Waals surface area contributed by atoms with E-state index < -0.39 is 0 Å². The molecule has 6 heteroatoms. The van der Waals surface area contributed by atoms with Gasteiger partial charge in [0, 0.05) is 12.2 Å². The minimum Gasteiger partial charge on any atom is -0.479 e. The maximum Gasteiger partial charge on any atom is 0.241 e. The number of aromatic nitrogens is 2. The Morgan fingerprint density at radius 3 is 2.77 bits per heavy atom. The van der Waals surface area contributed by atoms with Crippen LogP contribution in [0.25, 0.3) is 0 Å². The third-order valence-electron chi connectivity index (χ3n) is 4.85. The summed E-state index contributed by atoms with van der Waals surface area (Å²) in [5, 5.41) is 4.47. The molecule has 0 saturated carbocycles. The minimum atomic E-state index is 0.202. The number of rotatable bonds is 7. The number of nitrogens with zero attached hydrogens (tertiary/aromatic N) is 3. The van der Waals surface area contributed by atoms with Crippen molar-refractivity contribution in [3.63, 3.8) is 0 Å². The van der Waals surface area contributed by atoms with Crippen LogP contribution in [0.4, 0.5) is 5.69 Å². The predicted octanol–water partition coefficient (Wildman–Crippen LogP) is 5.45. The molecule has 26 heavy (non-hydrogen) atoms. The third kappa shape index (κ3) is 4.40. The second-order valence-corrected chi connectivity index (χ2v) is 8.86. The van der Waals surface area contributed by atoms with Gasteiger partial charge in [0.15, 0.2) is 0 Å². The minimum absolute atomic E-state index is 0.202. The number of aliphatic imine (C=N–C) groups is 1. The Morgan fingerprint density at radius 1 is 1.19 bits per heavy atom. The zero-order chi connectivity index (χ0) is 18.6. The molecule has 2 aliphatic rings. The van der Waals surface area contributed by atoms with Crippen LogP contribution in [-0.2, 0) is 0 Å². The molecule has 3 rings (SSSR count). The van der Waals surface area contributed by atoms with E-state index in [0.717, 1.165) is 30.1 Å². The van der Waals surface area contributed by atoms with E-state index >= 15 is 0 Å². The lowest BCUT2D eigenvalue weighted by Gasteiger charge is -2.36. The number of unbranched alkanes of at least 4 members (excludes halogenated alkanes) is 4. The molecule has 0 spiro atoms. The molecule has 0 radical (unpaired) electrons. The fourth-order valence-corrected chi connectivity index (χ4v) is 4.58. The fraction of sp³-hybridized carbons (Fsp3) is 0.650. The number of anilines is 1. The van der Waals surface area contributed by atoms with Gasteiger partial charge in [-0.05, 0) is 24.7 Å². The highest BCUT2D eigenvalue weighted by atomic mass is 32.2. The second kappa shape index (κ2) is 8.42. The van der Waals surface area contributed by atoms with Crippen LogP contribution in [0.1, 0.15) is 65.7 Å². The topological polar surface area (TPSA) is 59.4 Å². The first kappa shape index (κ1) is 19.2. The van der Waals surface area contributed by atoms with Crippen LogP contribution in [0.15, 0.2) is 26.9 Å². The van der Waals surface area contributed by atoms with Crippen LogP contribution in [0.3, 0.4) is 0 Å². The molecule has 142 valence electrons. The van der Waals surface area contributed by atoms with Gasteiger partial charge in [0.1, 0.15) is 17.0 Å². The van der Waals surface area contributed by atoms with Crippen molar-refractivity contribution in [1.82, 2.24) is 9.97 Å². The Kier molecular flexibility index (Phi) is 6.22. The SMILES string of the molecule is CCCCCCCN=C1CC(C)(C)CC2=C1Sc1ncnc(OC)c1N2. The molecule has 2 heterocycles. The fourth-order valence-electron chi connectivity index (χ4n) is 3.55. The van der Waals surface area contributed by atoms with Crippen LogP contribution in [0.2, 0.25) is 0 Å². The molecule has 1 N–H and O–H groups in total. The highest BCUT2D eigenvalue weighted by Gasteiger charge is 2.36. The van der Waals surface area contributed by atoms with Gasteiger partial charge >= 0.3 is 0 Å². The van der Waals surface area contributed by atoms with Crippen LogP contribution in [-0.4, -0.2) is 29.3 Å². The van der Waals surface area contributed by atoms with Crippen molar-refractivity contribution < 1.29 is 4.74 Å². The Labute approximate surface area is 161 Å². The summed E-state index contributed by atoms with van der Waals surface area (Å²) in [6, 6.07) is 0. The van der Waals surface area contributed by atoms with Gasteiger partial charge in [-0.2, -0.15) is 4.98 Å². The van der Waals surface area contributed by atoms with E-state index in [1.165, 1.54) is 48.4 Å².